The fourth-order valence-corrected chi connectivity index (χ4v) is 1.86. The minimum Gasteiger partial charge on any atom is -0.399 e. The molecule has 0 radical (unpaired) electrons. The lowest BCUT2D eigenvalue weighted by atomic mass is 10.1. The summed E-state index contributed by atoms with van der Waals surface area (Å²) in [5.41, 5.74) is 12.4. The molecule has 4 N–H and O–H groups in total. The molecule has 0 saturated carbocycles. The third kappa shape index (κ3) is 5.71. The molecular weight excluding hydrogens is 258 g/mol. The van der Waals surface area contributed by atoms with Gasteiger partial charge in [0.15, 0.2) is 0 Å². The van der Waals surface area contributed by atoms with Gasteiger partial charge in [0, 0.05) is 32.4 Å². The SMILES string of the molecule is COCCCC(=O)N(CC(N)=O)Cc1cccc(N)c1. The first kappa shape index (κ1) is 16.0. The van der Waals surface area contributed by atoms with Gasteiger partial charge in [-0.05, 0) is 24.1 Å². The van der Waals surface area contributed by atoms with Crippen molar-refractivity contribution in [2.75, 3.05) is 26.0 Å². The number of nitrogens with zero attached hydrogens (tertiary/aromatic N) is 1. The highest BCUT2D eigenvalue weighted by Crippen LogP contribution is 2.11. The number of carbonyl (C=O) groups excluding carboxylic acids is 2. The average Bonchev–Trinajstić information content (AvgIpc) is 2.37. The minimum absolute atomic E-state index is 0.0966. The Balaban J connectivity index is 2.68. The van der Waals surface area contributed by atoms with Crippen LogP contribution in [0.5, 0.6) is 0 Å². The minimum atomic E-state index is -0.533. The lowest BCUT2D eigenvalue weighted by Gasteiger charge is -2.21. The Labute approximate surface area is 118 Å². The van der Waals surface area contributed by atoms with Gasteiger partial charge < -0.3 is 21.1 Å². The summed E-state index contributed by atoms with van der Waals surface area (Å²) >= 11 is 0. The van der Waals surface area contributed by atoms with Crippen LogP contribution < -0.4 is 11.5 Å². The Hall–Kier alpha value is -2.08. The molecule has 20 heavy (non-hydrogen) atoms. The topological polar surface area (TPSA) is 98.6 Å². The molecule has 6 nitrogen and oxygen atoms in total. The van der Waals surface area contributed by atoms with Crippen LogP contribution in [0, 0.1) is 0 Å². The zero-order valence-corrected chi connectivity index (χ0v) is 11.7. The summed E-state index contributed by atoms with van der Waals surface area (Å²) in [6.45, 7) is 0.731. The van der Waals surface area contributed by atoms with Crippen LogP contribution in [-0.4, -0.2) is 37.0 Å². The van der Waals surface area contributed by atoms with Crippen molar-refractivity contribution in [3.63, 3.8) is 0 Å². The van der Waals surface area contributed by atoms with Crippen LogP contribution in [0.4, 0.5) is 5.69 Å². The van der Waals surface area contributed by atoms with Gasteiger partial charge in [-0.25, -0.2) is 0 Å². The molecule has 0 aliphatic rings. The molecule has 0 fully saturated rings. The van der Waals surface area contributed by atoms with Gasteiger partial charge in [-0.1, -0.05) is 12.1 Å². The van der Waals surface area contributed by atoms with Crippen molar-refractivity contribution < 1.29 is 14.3 Å². The third-order valence-electron chi connectivity index (χ3n) is 2.76. The van der Waals surface area contributed by atoms with E-state index < -0.39 is 5.91 Å². The van der Waals surface area contributed by atoms with E-state index in [9.17, 15) is 9.59 Å². The maximum atomic E-state index is 12.1. The van der Waals surface area contributed by atoms with Crippen molar-refractivity contribution in [1.82, 2.24) is 4.90 Å². The van der Waals surface area contributed by atoms with Gasteiger partial charge in [-0.15, -0.1) is 0 Å². The summed E-state index contributed by atoms with van der Waals surface area (Å²) in [5.74, 6) is -0.655. The molecule has 0 atom stereocenters. The highest BCUT2D eigenvalue weighted by atomic mass is 16.5. The number of nitrogens with two attached hydrogens (primary N) is 2. The van der Waals surface area contributed by atoms with E-state index in [0.29, 0.717) is 31.7 Å². The largest absolute Gasteiger partial charge is 0.399 e. The number of amides is 2. The third-order valence-corrected chi connectivity index (χ3v) is 2.76. The number of rotatable bonds is 8. The van der Waals surface area contributed by atoms with Crippen LogP contribution in [0.15, 0.2) is 24.3 Å². The van der Waals surface area contributed by atoms with Gasteiger partial charge in [0.25, 0.3) is 0 Å². The van der Waals surface area contributed by atoms with E-state index in [0.717, 1.165) is 5.56 Å². The molecule has 6 heteroatoms. The second-order valence-corrected chi connectivity index (χ2v) is 4.56. The van der Waals surface area contributed by atoms with E-state index in [-0.39, 0.29) is 12.5 Å². The molecule has 2 amide bonds. The zero-order valence-electron chi connectivity index (χ0n) is 11.7. The lowest BCUT2D eigenvalue weighted by molar-refractivity contribution is -0.136. The summed E-state index contributed by atoms with van der Waals surface area (Å²) in [7, 11) is 1.58. The van der Waals surface area contributed by atoms with E-state index in [1.807, 2.05) is 12.1 Å². The number of anilines is 1. The summed E-state index contributed by atoms with van der Waals surface area (Å²) in [4.78, 5) is 24.6. The Morgan fingerprint density at radius 1 is 1.35 bits per heavy atom. The van der Waals surface area contributed by atoms with Crippen molar-refractivity contribution in [2.45, 2.75) is 19.4 Å². The molecule has 0 spiro atoms. The highest BCUT2D eigenvalue weighted by Gasteiger charge is 2.16. The van der Waals surface area contributed by atoms with Crippen LogP contribution in [0.1, 0.15) is 18.4 Å². The van der Waals surface area contributed by atoms with Crippen LogP contribution in [0.25, 0.3) is 0 Å². The monoisotopic (exact) mass is 279 g/mol. The first-order valence-corrected chi connectivity index (χ1v) is 6.42. The van der Waals surface area contributed by atoms with Gasteiger partial charge in [0.05, 0.1) is 6.54 Å². The van der Waals surface area contributed by atoms with Gasteiger partial charge in [-0.3, -0.25) is 9.59 Å². The molecule has 110 valence electrons. The number of hydrogen-bond donors (Lipinski definition) is 2. The van der Waals surface area contributed by atoms with E-state index in [2.05, 4.69) is 0 Å². The Bertz CT molecular complexity index is 463. The summed E-state index contributed by atoms with van der Waals surface area (Å²) in [6.07, 6.45) is 0.935. The number of primary amides is 1. The molecule has 0 saturated heterocycles. The zero-order chi connectivity index (χ0) is 15.0. The second kappa shape index (κ2) is 8.16. The summed E-state index contributed by atoms with van der Waals surface area (Å²) < 4.78 is 4.91. The molecule has 0 aliphatic carbocycles. The average molecular weight is 279 g/mol. The van der Waals surface area contributed by atoms with Crippen molar-refractivity contribution in [3.8, 4) is 0 Å². The van der Waals surface area contributed by atoms with Gasteiger partial charge in [0.2, 0.25) is 11.8 Å². The standard InChI is InChI=1S/C14H21N3O3/c1-20-7-3-6-14(19)17(10-13(16)18)9-11-4-2-5-12(15)8-11/h2,4-5,8H,3,6-7,9-10,15H2,1H3,(H2,16,18). The number of carbonyl (C=O) groups is 2. The number of hydrogen-bond acceptors (Lipinski definition) is 4. The van der Waals surface area contributed by atoms with Gasteiger partial charge in [0.1, 0.15) is 0 Å². The predicted octanol–water partition coefficient (Wildman–Crippen LogP) is 0.509. The van der Waals surface area contributed by atoms with Crippen molar-refractivity contribution in [3.05, 3.63) is 29.8 Å². The fraction of sp³-hybridized carbons (Fsp3) is 0.429. The van der Waals surface area contributed by atoms with Crippen LogP contribution in [0.2, 0.25) is 0 Å². The van der Waals surface area contributed by atoms with Crippen molar-refractivity contribution in [1.29, 1.82) is 0 Å². The number of ether oxygens (including phenoxy) is 1. The van der Waals surface area contributed by atoms with Crippen LogP contribution in [0.3, 0.4) is 0 Å². The van der Waals surface area contributed by atoms with Crippen LogP contribution >= 0.6 is 0 Å². The lowest BCUT2D eigenvalue weighted by Crippen LogP contribution is -2.38. The molecule has 0 heterocycles. The Morgan fingerprint density at radius 2 is 2.10 bits per heavy atom. The molecular formula is C14H21N3O3. The fourth-order valence-electron chi connectivity index (χ4n) is 1.86. The summed E-state index contributed by atoms with van der Waals surface area (Å²) in [5, 5.41) is 0. The van der Waals surface area contributed by atoms with Crippen LogP contribution in [-0.2, 0) is 20.9 Å². The van der Waals surface area contributed by atoms with E-state index >= 15 is 0 Å². The Morgan fingerprint density at radius 3 is 2.70 bits per heavy atom. The predicted molar refractivity (Wildman–Crippen MR) is 76.6 cm³/mol. The molecule has 0 unspecified atom stereocenters. The molecule has 1 aromatic rings. The van der Waals surface area contributed by atoms with Gasteiger partial charge in [-0.2, -0.15) is 0 Å². The maximum absolute atomic E-state index is 12.1. The van der Waals surface area contributed by atoms with E-state index in [1.165, 1.54) is 4.90 Å². The summed E-state index contributed by atoms with van der Waals surface area (Å²) in [6, 6.07) is 7.20. The van der Waals surface area contributed by atoms with Crippen molar-refractivity contribution >= 4 is 17.5 Å². The quantitative estimate of drug-likeness (QED) is 0.535. The maximum Gasteiger partial charge on any atom is 0.237 e. The van der Waals surface area contributed by atoms with Crippen molar-refractivity contribution in [2.24, 2.45) is 5.73 Å². The highest BCUT2D eigenvalue weighted by molar-refractivity contribution is 5.83. The second-order valence-electron chi connectivity index (χ2n) is 4.56. The number of benzene rings is 1. The van der Waals surface area contributed by atoms with E-state index in [4.69, 9.17) is 16.2 Å². The van der Waals surface area contributed by atoms with Gasteiger partial charge >= 0.3 is 0 Å². The molecule has 0 bridgehead atoms. The molecule has 1 rings (SSSR count). The Kier molecular flexibility index (Phi) is 6.52. The molecule has 1 aromatic carbocycles. The smallest absolute Gasteiger partial charge is 0.237 e. The normalized spacial score (nSPS) is 10.2. The number of methoxy groups -OCH3 is 1. The number of nitrogen functional groups attached to an aromatic ring is 1. The first-order valence-electron chi connectivity index (χ1n) is 6.42. The molecule has 0 aromatic heterocycles. The first-order chi connectivity index (χ1) is 9.52. The van der Waals surface area contributed by atoms with E-state index in [1.54, 1.807) is 19.2 Å². The molecule has 0 aliphatic heterocycles.